The minimum Gasteiger partial charge on any atom is -0.325 e. The lowest BCUT2D eigenvalue weighted by Gasteiger charge is -2.12. The molecule has 1 aromatic heterocycles. The monoisotopic (exact) mass is 331 g/mol. The molecule has 4 aromatic rings. The minimum atomic E-state index is -0.225. The summed E-state index contributed by atoms with van der Waals surface area (Å²) in [7, 11) is 0. The second kappa shape index (κ2) is 6.40. The zero-order chi connectivity index (χ0) is 17.2. The Hall–Kier alpha value is -3.14. The molecule has 3 aromatic carbocycles. The summed E-state index contributed by atoms with van der Waals surface area (Å²) in [5, 5.41) is 3.44. The quantitative estimate of drug-likeness (QED) is 0.552. The van der Waals surface area contributed by atoms with Gasteiger partial charge < -0.3 is 9.88 Å². The normalized spacial score (nSPS) is 11.0. The number of nitrogens with one attached hydrogen (secondary N) is 1. The van der Waals surface area contributed by atoms with Crippen molar-refractivity contribution in [3.8, 4) is 0 Å². The van der Waals surface area contributed by atoms with Crippen LogP contribution < -0.4 is 5.32 Å². The molecule has 0 saturated carbocycles. The van der Waals surface area contributed by atoms with Crippen LogP contribution in [0.15, 0.2) is 72.8 Å². The van der Waals surface area contributed by atoms with Crippen molar-refractivity contribution >= 4 is 22.7 Å². The summed E-state index contributed by atoms with van der Waals surface area (Å²) in [4.78, 5) is 4.74. The van der Waals surface area contributed by atoms with Crippen LogP contribution in [0, 0.1) is 12.7 Å². The van der Waals surface area contributed by atoms with E-state index in [4.69, 9.17) is 4.98 Å². The van der Waals surface area contributed by atoms with Gasteiger partial charge in [0.1, 0.15) is 5.82 Å². The Labute approximate surface area is 145 Å². The number of halogens is 1. The molecule has 0 aliphatic rings. The zero-order valence-corrected chi connectivity index (χ0v) is 13.9. The fraction of sp³-hybridized carbons (Fsp3) is 0.0952. The van der Waals surface area contributed by atoms with E-state index in [0.29, 0.717) is 6.54 Å². The van der Waals surface area contributed by atoms with Crippen molar-refractivity contribution in [2.45, 2.75) is 13.5 Å². The molecular formula is C21H18FN3. The van der Waals surface area contributed by atoms with Gasteiger partial charge in [-0.2, -0.15) is 0 Å². The van der Waals surface area contributed by atoms with Gasteiger partial charge in [0.25, 0.3) is 0 Å². The number of anilines is 2. The maximum Gasteiger partial charge on any atom is 0.208 e. The Morgan fingerprint density at radius 2 is 1.64 bits per heavy atom. The van der Waals surface area contributed by atoms with Gasteiger partial charge in [0.15, 0.2) is 0 Å². The molecule has 4 heteroatoms. The van der Waals surface area contributed by atoms with Crippen LogP contribution in [0.4, 0.5) is 16.0 Å². The van der Waals surface area contributed by atoms with E-state index in [1.165, 1.54) is 12.1 Å². The lowest BCUT2D eigenvalue weighted by atomic mass is 10.2. The Kier molecular flexibility index (Phi) is 3.94. The molecule has 0 spiro atoms. The summed E-state index contributed by atoms with van der Waals surface area (Å²) >= 11 is 0. The third kappa shape index (κ3) is 3.11. The van der Waals surface area contributed by atoms with Gasteiger partial charge >= 0.3 is 0 Å². The summed E-state index contributed by atoms with van der Waals surface area (Å²) < 4.78 is 15.3. The first-order valence-corrected chi connectivity index (χ1v) is 8.23. The number of benzene rings is 3. The van der Waals surface area contributed by atoms with Crippen molar-refractivity contribution in [2.75, 3.05) is 5.32 Å². The van der Waals surface area contributed by atoms with Crippen molar-refractivity contribution in [1.82, 2.24) is 9.55 Å². The molecule has 1 N–H and O–H groups in total. The molecule has 4 rings (SSSR count). The number of aromatic nitrogens is 2. The van der Waals surface area contributed by atoms with Crippen molar-refractivity contribution in [3.63, 3.8) is 0 Å². The number of para-hydroxylation sites is 3. The molecule has 25 heavy (non-hydrogen) atoms. The van der Waals surface area contributed by atoms with Gasteiger partial charge in [-0.25, -0.2) is 9.37 Å². The highest BCUT2D eigenvalue weighted by Gasteiger charge is 2.12. The molecule has 0 fully saturated rings. The van der Waals surface area contributed by atoms with E-state index in [1.807, 2.05) is 48.5 Å². The van der Waals surface area contributed by atoms with Crippen LogP contribution in [0.3, 0.4) is 0 Å². The largest absolute Gasteiger partial charge is 0.325 e. The van der Waals surface area contributed by atoms with Gasteiger partial charge in [-0.3, -0.25) is 0 Å². The average Bonchev–Trinajstić information content (AvgIpc) is 2.96. The predicted octanol–water partition coefficient (Wildman–Crippen LogP) is 5.28. The Bertz CT molecular complexity index is 1020. The van der Waals surface area contributed by atoms with Crippen molar-refractivity contribution in [3.05, 3.63) is 89.7 Å². The molecule has 0 radical (unpaired) electrons. The average molecular weight is 331 g/mol. The Morgan fingerprint density at radius 3 is 2.44 bits per heavy atom. The SMILES string of the molecule is Cc1ccccc1Nc1nc2ccccc2n1Cc1ccc(F)cc1. The number of hydrogen-bond donors (Lipinski definition) is 1. The second-order valence-corrected chi connectivity index (χ2v) is 6.08. The Morgan fingerprint density at radius 1 is 0.920 bits per heavy atom. The van der Waals surface area contributed by atoms with Crippen LogP contribution in [-0.4, -0.2) is 9.55 Å². The lowest BCUT2D eigenvalue weighted by Crippen LogP contribution is -2.06. The number of fused-ring (bicyclic) bond motifs is 1. The summed E-state index contributed by atoms with van der Waals surface area (Å²) in [6.45, 7) is 2.68. The maximum atomic E-state index is 13.2. The van der Waals surface area contributed by atoms with Gasteiger partial charge in [-0.05, 0) is 48.4 Å². The Balaban J connectivity index is 1.78. The number of hydrogen-bond acceptors (Lipinski definition) is 2. The molecule has 124 valence electrons. The van der Waals surface area contributed by atoms with E-state index < -0.39 is 0 Å². The summed E-state index contributed by atoms with van der Waals surface area (Å²) in [5.41, 5.74) is 5.18. The van der Waals surface area contributed by atoms with Gasteiger partial charge in [0, 0.05) is 5.69 Å². The van der Waals surface area contributed by atoms with Crippen molar-refractivity contribution < 1.29 is 4.39 Å². The summed E-state index contributed by atoms with van der Waals surface area (Å²) in [5.74, 6) is 0.553. The van der Waals surface area contributed by atoms with Crippen LogP contribution in [0.25, 0.3) is 11.0 Å². The van der Waals surface area contributed by atoms with Crippen molar-refractivity contribution in [1.29, 1.82) is 0 Å². The number of imidazole rings is 1. The van der Waals surface area contributed by atoms with Gasteiger partial charge in [0.2, 0.25) is 5.95 Å². The molecule has 0 bridgehead atoms. The van der Waals surface area contributed by atoms with Crippen LogP contribution in [0.1, 0.15) is 11.1 Å². The van der Waals surface area contributed by atoms with Gasteiger partial charge in [-0.1, -0.05) is 42.5 Å². The van der Waals surface area contributed by atoms with Crippen LogP contribution in [0.5, 0.6) is 0 Å². The molecule has 0 amide bonds. The summed E-state index contributed by atoms with van der Waals surface area (Å²) in [6.07, 6.45) is 0. The zero-order valence-electron chi connectivity index (χ0n) is 13.9. The summed E-state index contributed by atoms with van der Waals surface area (Å²) in [6, 6.07) is 22.7. The molecule has 3 nitrogen and oxygen atoms in total. The first-order valence-electron chi connectivity index (χ1n) is 8.23. The molecule has 0 saturated heterocycles. The van der Waals surface area contributed by atoms with E-state index in [9.17, 15) is 4.39 Å². The predicted molar refractivity (Wildman–Crippen MR) is 99.7 cm³/mol. The fourth-order valence-electron chi connectivity index (χ4n) is 2.94. The van der Waals surface area contributed by atoms with Gasteiger partial charge in [0.05, 0.1) is 17.6 Å². The van der Waals surface area contributed by atoms with Crippen LogP contribution in [0.2, 0.25) is 0 Å². The van der Waals surface area contributed by atoms with E-state index in [2.05, 4.69) is 28.9 Å². The van der Waals surface area contributed by atoms with E-state index in [0.717, 1.165) is 33.8 Å². The maximum absolute atomic E-state index is 13.2. The molecule has 0 atom stereocenters. The third-order valence-corrected chi connectivity index (χ3v) is 4.30. The highest BCUT2D eigenvalue weighted by atomic mass is 19.1. The molecular weight excluding hydrogens is 313 g/mol. The highest BCUT2D eigenvalue weighted by molar-refractivity contribution is 5.80. The van der Waals surface area contributed by atoms with Crippen LogP contribution >= 0.6 is 0 Å². The smallest absolute Gasteiger partial charge is 0.208 e. The lowest BCUT2D eigenvalue weighted by molar-refractivity contribution is 0.626. The van der Waals surface area contributed by atoms with E-state index in [-0.39, 0.29) is 5.82 Å². The molecule has 1 heterocycles. The molecule has 0 unspecified atom stereocenters. The second-order valence-electron chi connectivity index (χ2n) is 6.08. The minimum absolute atomic E-state index is 0.225. The number of rotatable bonds is 4. The highest BCUT2D eigenvalue weighted by Crippen LogP contribution is 2.25. The first kappa shape index (κ1) is 15.4. The van der Waals surface area contributed by atoms with Crippen molar-refractivity contribution in [2.24, 2.45) is 0 Å². The van der Waals surface area contributed by atoms with E-state index >= 15 is 0 Å². The number of nitrogens with zero attached hydrogens (tertiary/aromatic N) is 2. The van der Waals surface area contributed by atoms with E-state index in [1.54, 1.807) is 0 Å². The van der Waals surface area contributed by atoms with Gasteiger partial charge in [-0.15, -0.1) is 0 Å². The standard InChI is InChI=1S/C21H18FN3/c1-15-6-2-3-7-18(15)23-21-24-19-8-4-5-9-20(19)25(21)14-16-10-12-17(22)13-11-16/h2-13H,14H2,1H3,(H,23,24). The van der Waals surface area contributed by atoms with Crippen LogP contribution in [-0.2, 0) is 6.54 Å². The molecule has 0 aliphatic carbocycles. The fourth-order valence-corrected chi connectivity index (χ4v) is 2.94. The number of aryl methyl sites for hydroxylation is 1. The topological polar surface area (TPSA) is 29.9 Å². The first-order chi connectivity index (χ1) is 12.2. The third-order valence-electron chi connectivity index (χ3n) is 4.30. The molecule has 0 aliphatic heterocycles.